The van der Waals surface area contributed by atoms with Crippen molar-refractivity contribution in [3.8, 4) is 0 Å². The van der Waals surface area contributed by atoms with Gasteiger partial charge in [0.15, 0.2) is 0 Å². The van der Waals surface area contributed by atoms with Crippen molar-refractivity contribution in [2.24, 2.45) is 5.92 Å². The first-order valence-corrected chi connectivity index (χ1v) is 3.75. The lowest BCUT2D eigenvalue weighted by Crippen LogP contribution is -1.98. The highest BCUT2D eigenvalue weighted by Crippen LogP contribution is 2.15. The molecule has 0 radical (unpaired) electrons. The third-order valence-corrected chi connectivity index (χ3v) is 1.82. The third kappa shape index (κ3) is 1.67. The maximum atomic E-state index is 5.18. The highest BCUT2D eigenvalue weighted by molar-refractivity contribution is 7.80. The second-order valence-corrected chi connectivity index (χ2v) is 2.69. The molecule has 0 saturated carbocycles. The van der Waals surface area contributed by atoms with Crippen LogP contribution in [-0.2, 0) is 4.74 Å². The van der Waals surface area contributed by atoms with E-state index in [2.05, 4.69) is 12.6 Å². The van der Waals surface area contributed by atoms with E-state index in [4.69, 9.17) is 4.74 Å². The van der Waals surface area contributed by atoms with Gasteiger partial charge < -0.3 is 4.74 Å². The van der Waals surface area contributed by atoms with E-state index in [0.29, 0.717) is 0 Å². The van der Waals surface area contributed by atoms with Gasteiger partial charge in [-0.2, -0.15) is 12.6 Å². The van der Waals surface area contributed by atoms with Crippen LogP contribution in [0.15, 0.2) is 0 Å². The highest BCUT2D eigenvalue weighted by atomic mass is 32.1. The minimum atomic E-state index is 0.812. The van der Waals surface area contributed by atoms with Crippen LogP contribution in [0.4, 0.5) is 0 Å². The van der Waals surface area contributed by atoms with Gasteiger partial charge in [0.05, 0.1) is 0 Å². The monoisotopic (exact) mass is 132 g/mol. The summed E-state index contributed by atoms with van der Waals surface area (Å²) < 4.78 is 5.18. The van der Waals surface area contributed by atoms with Crippen LogP contribution in [0.25, 0.3) is 0 Å². The van der Waals surface area contributed by atoms with E-state index in [1.165, 1.54) is 12.8 Å². The van der Waals surface area contributed by atoms with Crippen LogP contribution in [-0.4, -0.2) is 19.0 Å². The van der Waals surface area contributed by atoms with Gasteiger partial charge in [-0.3, -0.25) is 0 Å². The molecule has 0 aromatic carbocycles. The summed E-state index contributed by atoms with van der Waals surface area (Å²) in [6.45, 7) is 1.94. The van der Waals surface area contributed by atoms with E-state index < -0.39 is 0 Å². The predicted octanol–water partition coefficient (Wildman–Crippen LogP) is 1.34. The second-order valence-electron chi connectivity index (χ2n) is 2.24. The van der Waals surface area contributed by atoms with Gasteiger partial charge in [0.25, 0.3) is 0 Å². The molecule has 1 rings (SSSR count). The van der Waals surface area contributed by atoms with Gasteiger partial charge in [0, 0.05) is 13.2 Å². The van der Waals surface area contributed by atoms with Crippen molar-refractivity contribution in [3.63, 3.8) is 0 Å². The first kappa shape index (κ1) is 6.43. The number of hydrogen-bond acceptors (Lipinski definition) is 2. The number of ether oxygens (including phenoxy) is 1. The van der Waals surface area contributed by atoms with Crippen LogP contribution in [0.2, 0.25) is 0 Å². The zero-order chi connectivity index (χ0) is 5.82. The van der Waals surface area contributed by atoms with Crippen molar-refractivity contribution < 1.29 is 4.74 Å². The van der Waals surface area contributed by atoms with Crippen molar-refractivity contribution in [2.45, 2.75) is 12.8 Å². The summed E-state index contributed by atoms with van der Waals surface area (Å²) in [5, 5.41) is 0. The van der Waals surface area contributed by atoms with Crippen molar-refractivity contribution in [3.05, 3.63) is 0 Å². The Bertz CT molecular complexity index is 59.5. The Balaban J connectivity index is 2.06. The number of hydrogen-bond donors (Lipinski definition) is 1. The van der Waals surface area contributed by atoms with E-state index in [9.17, 15) is 0 Å². The second kappa shape index (κ2) is 3.36. The molecule has 1 nitrogen and oxygen atoms in total. The minimum Gasteiger partial charge on any atom is -0.381 e. The molecular formula is C6H12OS. The van der Waals surface area contributed by atoms with Crippen LogP contribution < -0.4 is 0 Å². The van der Waals surface area contributed by atoms with E-state index in [0.717, 1.165) is 24.9 Å². The predicted molar refractivity (Wildman–Crippen MR) is 37.4 cm³/mol. The Morgan fingerprint density at radius 1 is 1.62 bits per heavy atom. The third-order valence-electron chi connectivity index (χ3n) is 1.56. The molecule has 1 atom stereocenters. The smallest absolute Gasteiger partial charge is 0.0495 e. The zero-order valence-electron chi connectivity index (χ0n) is 4.97. The van der Waals surface area contributed by atoms with Gasteiger partial charge in [-0.25, -0.2) is 0 Å². The summed E-state index contributed by atoms with van der Waals surface area (Å²) in [5.41, 5.74) is 0. The largest absolute Gasteiger partial charge is 0.381 e. The standard InChI is InChI=1S/C6H12OS/c8-4-2-6-1-3-7-5-6/h6,8H,1-5H2/t6-/m1/s1. The summed E-state index contributed by atoms with van der Waals surface area (Å²) in [6.07, 6.45) is 2.48. The van der Waals surface area contributed by atoms with Gasteiger partial charge in [-0.05, 0) is 24.5 Å². The van der Waals surface area contributed by atoms with E-state index in [1.54, 1.807) is 0 Å². The molecule has 48 valence electrons. The minimum absolute atomic E-state index is 0.812. The molecule has 0 N–H and O–H groups in total. The van der Waals surface area contributed by atoms with Crippen LogP contribution in [0.5, 0.6) is 0 Å². The fraction of sp³-hybridized carbons (Fsp3) is 1.00. The van der Waals surface area contributed by atoms with Crippen molar-refractivity contribution in [1.29, 1.82) is 0 Å². The Labute approximate surface area is 55.8 Å². The number of thiol groups is 1. The molecule has 0 aromatic heterocycles. The number of rotatable bonds is 2. The first-order valence-electron chi connectivity index (χ1n) is 3.12. The fourth-order valence-corrected chi connectivity index (χ4v) is 1.36. The van der Waals surface area contributed by atoms with Crippen LogP contribution in [0.1, 0.15) is 12.8 Å². The molecule has 0 aliphatic carbocycles. The van der Waals surface area contributed by atoms with E-state index >= 15 is 0 Å². The Kier molecular flexibility index (Phi) is 2.70. The average molecular weight is 132 g/mol. The fourth-order valence-electron chi connectivity index (χ4n) is 0.994. The maximum absolute atomic E-state index is 5.18. The highest BCUT2D eigenvalue weighted by Gasteiger charge is 2.13. The molecule has 1 saturated heterocycles. The first-order chi connectivity index (χ1) is 3.93. The molecule has 2 heteroatoms. The normalized spacial score (nSPS) is 28.9. The average Bonchev–Trinajstić information content (AvgIpc) is 2.19. The van der Waals surface area contributed by atoms with Gasteiger partial charge in [-0.15, -0.1) is 0 Å². The Morgan fingerprint density at radius 3 is 3.00 bits per heavy atom. The lowest BCUT2D eigenvalue weighted by Gasteiger charge is -2.01. The van der Waals surface area contributed by atoms with Gasteiger partial charge in [0.2, 0.25) is 0 Å². The Hall–Kier alpha value is 0.310. The van der Waals surface area contributed by atoms with Crippen molar-refractivity contribution >= 4 is 12.6 Å². The van der Waals surface area contributed by atoms with Crippen LogP contribution in [0, 0.1) is 5.92 Å². The van der Waals surface area contributed by atoms with E-state index in [1.807, 2.05) is 0 Å². The molecule has 0 aromatic rings. The molecule has 1 aliphatic heterocycles. The van der Waals surface area contributed by atoms with Crippen molar-refractivity contribution in [2.75, 3.05) is 19.0 Å². The van der Waals surface area contributed by atoms with Gasteiger partial charge in [0.1, 0.15) is 0 Å². The van der Waals surface area contributed by atoms with Crippen molar-refractivity contribution in [1.82, 2.24) is 0 Å². The molecular weight excluding hydrogens is 120 g/mol. The molecule has 0 bridgehead atoms. The summed E-state index contributed by atoms with van der Waals surface area (Å²) in [7, 11) is 0. The summed E-state index contributed by atoms with van der Waals surface area (Å²) in [6, 6.07) is 0. The summed E-state index contributed by atoms with van der Waals surface area (Å²) in [4.78, 5) is 0. The quantitative estimate of drug-likeness (QED) is 0.558. The lowest BCUT2D eigenvalue weighted by molar-refractivity contribution is 0.185. The summed E-state index contributed by atoms with van der Waals surface area (Å²) >= 11 is 4.14. The molecule has 1 fully saturated rings. The summed E-state index contributed by atoms with van der Waals surface area (Å²) in [5.74, 6) is 1.82. The Morgan fingerprint density at radius 2 is 2.50 bits per heavy atom. The SMILES string of the molecule is SCC[C@H]1CCOC1. The molecule has 1 aliphatic rings. The zero-order valence-corrected chi connectivity index (χ0v) is 5.86. The molecule has 0 unspecified atom stereocenters. The molecule has 0 spiro atoms. The molecule has 0 amide bonds. The topological polar surface area (TPSA) is 9.23 Å². The lowest BCUT2D eigenvalue weighted by atomic mass is 10.1. The van der Waals surface area contributed by atoms with Gasteiger partial charge in [-0.1, -0.05) is 0 Å². The van der Waals surface area contributed by atoms with Gasteiger partial charge >= 0.3 is 0 Å². The maximum Gasteiger partial charge on any atom is 0.0495 e. The molecule has 8 heavy (non-hydrogen) atoms. The van der Waals surface area contributed by atoms with Crippen LogP contribution >= 0.6 is 12.6 Å². The van der Waals surface area contributed by atoms with Crippen LogP contribution in [0.3, 0.4) is 0 Å². The molecule has 1 heterocycles. The van der Waals surface area contributed by atoms with E-state index in [-0.39, 0.29) is 0 Å².